The molecule has 4 nitrogen and oxygen atoms in total. The van der Waals surface area contributed by atoms with Crippen molar-refractivity contribution in [2.24, 2.45) is 16.6 Å². The van der Waals surface area contributed by atoms with Crippen molar-refractivity contribution in [3.05, 3.63) is 54.2 Å². The number of nitrogens with zero attached hydrogens (tertiary/aromatic N) is 1. The summed E-state index contributed by atoms with van der Waals surface area (Å²) >= 11 is 1.66. The summed E-state index contributed by atoms with van der Waals surface area (Å²) < 4.78 is 6.01. The molecule has 2 unspecified atom stereocenters. The molecule has 2 aromatic carbocycles. The first-order valence-corrected chi connectivity index (χ1v) is 9.57. The second kappa shape index (κ2) is 5.85. The summed E-state index contributed by atoms with van der Waals surface area (Å²) in [5, 5.41) is 1.92. The van der Waals surface area contributed by atoms with Gasteiger partial charge in [0, 0.05) is 34.0 Å². The molecular weight excluding hydrogens is 330 g/mol. The molecule has 3 heterocycles. The summed E-state index contributed by atoms with van der Waals surface area (Å²) in [5.41, 5.74) is 10.7. The summed E-state index contributed by atoms with van der Waals surface area (Å²) in [7, 11) is 0. The molecular formula is C20H19N3OS. The third-order valence-electron chi connectivity index (χ3n) is 5.13. The van der Waals surface area contributed by atoms with E-state index in [0.29, 0.717) is 11.1 Å². The fraction of sp³-hybridized carbons (Fsp3) is 0.250. The molecule has 0 bridgehead atoms. The highest BCUT2D eigenvalue weighted by molar-refractivity contribution is 8.13. The topological polar surface area (TPSA) is 63.4 Å². The Balaban J connectivity index is 1.66. The molecule has 2 aliphatic rings. The van der Waals surface area contributed by atoms with E-state index in [9.17, 15) is 0 Å². The molecule has 0 saturated carbocycles. The number of ether oxygens (including phenoxy) is 1. The van der Waals surface area contributed by atoms with Crippen LogP contribution in [0.25, 0.3) is 22.0 Å². The Labute approximate surface area is 150 Å². The van der Waals surface area contributed by atoms with E-state index in [4.69, 9.17) is 15.5 Å². The SMILES string of the molecule is NC1=NC2c3cc(-c4c[nH]c5ccccc45)ccc3OCCC2CS1. The minimum Gasteiger partial charge on any atom is -0.493 e. The number of thioether (sulfide) groups is 1. The average Bonchev–Trinajstić information content (AvgIpc) is 2.99. The van der Waals surface area contributed by atoms with E-state index >= 15 is 0 Å². The van der Waals surface area contributed by atoms with Gasteiger partial charge in [0.15, 0.2) is 5.17 Å². The zero-order valence-electron chi connectivity index (χ0n) is 13.7. The number of fused-ring (bicyclic) bond motifs is 4. The van der Waals surface area contributed by atoms with Crippen LogP contribution < -0.4 is 10.5 Å². The predicted octanol–water partition coefficient (Wildman–Crippen LogP) is 4.34. The number of benzene rings is 2. The maximum Gasteiger partial charge on any atom is 0.154 e. The lowest BCUT2D eigenvalue weighted by molar-refractivity contribution is 0.296. The third kappa shape index (κ3) is 2.50. The summed E-state index contributed by atoms with van der Waals surface area (Å²) in [4.78, 5) is 8.12. The van der Waals surface area contributed by atoms with Crippen LogP contribution in [-0.4, -0.2) is 22.5 Å². The maximum atomic E-state index is 6.02. The van der Waals surface area contributed by atoms with Gasteiger partial charge >= 0.3 is 0 Å². The molecule has 2 aliphatic heterocycles. The van der Waals surface area contributed by atoms with Gasteiger partial charge in [-0.05, 0) is 36.1 Å². The van der Waals surface area contributed by atoms with E-state index in [2.05, 4.69) is 53.6 Å². The van der Waals surface area contributed by atoms with Gasteiger partial charge in [-0.3, -0.25) is 4.99 Å². The molecule has 25 heavy (non-hydrogen) atoms. The van der Waals surface area contributed by atoms with Crippen molar-refractivity contribution < 1.29 is 4.74 Å². The lowest BCUT2D eigenvalue weighted by atomic mass is 9.90. The fourth-order valence-corrected chi connectivity index (χ4v) is 4.76. The third-order valence-corrected chi connectivity index (χ3v) is 6.13. The molecule has 0 amide bonds. The van der Waals surface area contributed by atoms with Gasteiger partial charge in [-0.25, -0.2) is 0 Å². The Bertz CT molecular complexity index is 978. The highest BCUT2D eigenvalue weighted by atomic mass is 32.2. The van der Waals surface area contributed by atoms with Crippen molar-refractivity contribution in [2.45, 2.75) is 12.5 Å². The molecule has 2 atom stereocenters. The summed E-state index contributed by atoms with van der Waals surface area (Å²) in [6.45, 7) is 0.747. The Morgan fingerprint density at radius 1 is 1.20 bits per heavy atom. The van der Waals surface area contributed by atoms with Crippen LogP contribution in [0.3, 0.4) is 0 Å². The smallest absolute Gasteiger partial charge is 0.154 e. The van der Waals surface area contributed by atoms with Crippen molar-refractivity contribution >= 4 is 27.8 Å². The molecule has 0 saturated heterocycles. The van der Waals surface area contributed by atoms with Gasteiger partial charge < -0.3 is 15.5 Å². The van der Waals surface area contributed by atoms with Crippen molar-refractivity contribution in [1.29, 1.82) is 0 Å². The zero-order chi connectivity index (χ0) is 16.8. The van der Waals surface area contributed by atoms with E-state index in [0.717, 1.165) is 35.6 Å². The highest BCUT2D eigenvalue weighted by Crippen LogP contribution is 2.43. The first-order valence-electron chi connectivity index (χ1n) is 8.59. The number of hydrogen-bond acceptors (Lipinski definition) is 4. The first kappa shape index (κ1) is 14.9. The van der Waals surface area contributed by atoms with Gasteiger partial charge in [0.1, 0.15) is 5.75 Å². The number of aromatic nitrogens is 1. The molecule has 3 aromatic rings. The van der Waals surface area contributed by atoms with Gasteiger partial charge in [0.25, 0.3) is 0 Å². The van der Waals surface area contributed by atoms with Crippen LogP contribution in [0, 0.1) is 5.92 Å². The van der Waals surface area contributed by atoms with E-state index in [1.807, 2.05) is 0 Å². The second-order valence-electron chi connectivity index (χ2n) is 6.62. The van der Waals surface area contributed by atoms with E-state index in [1.54, 1.807) is 11.8 Å². The van der Waals surface area contributed by atoms with Crippen LogP contribution in [-0.2, 0) is 0 Å². The van der Waals surface area contributed by atoms with E-state index < -0.39 is 0 Å². The van der Waals surface area contributed by atoms with Crippen LogP contribution in [0.15, 0.2) is 53.7 Å². The van der Waals surface area contributed by atoms with Gasteiger partial charge in [-0.15, -0.1) is 0 Å². The van der Waals surface area contributed by atoms with Crippen LogP contribution in [0.4, 0.5) is 0 Å². The molecule has 3 N–H and O–H groups in total. The molecule has 5 heteroatoms. The fourth-order valence-electron chi connectivity index (χ4n) is 3.84. The molecule has 0 radical (unpaired) electrons. The van der Waals surface area contributed by atoms with Gasteiger partial charge in [-0.1, -0.05) is 36.0 Å². The van der Waals surface area contributed by atoms with Gasteiger partial charge in [-0.2, -0.15) is 0 Å². The quantitative estimate of drug-likeness (QED) is 0.687. The minimum absolute atomic E-state index is 0.101. The molecule has 5 rings (SSSR count). The number of hydrogen-bond donors (Lipinski definition) is 2. The number of amidine groups is 1. The van der Waals surface area contributed by atoms with Gasteiger partial charge in [0.05, 0.1) is 12.6 Å². The number of aromatic amines is 1. The maximum absolute atomic E-state index is 6.02. The Hall–Kier alpha value is -2.40. The number of nitrogens with one attached hydrogen (secondary N) is 1. The van der Waals surface area contributed by atoms with E-state index in [-0.39, 0.29) is 6.04 Å². The number of nitrogens with two attached hydrogens (primary N) is 1. The van der Waals surface area contributed by atoms with Crippen LogP contribution in [0.5, 0.6) is 5.75 Å². The largest absolute Gasteiger partial charge is 0.493 e. The van der Waals surface area contributed by atoms with Crippen molar-refractivity contribution in [1.82, 2.24) is 4.98 Å². The number of aliphatic imine (C=N–C) groups is 1. The van der Waals surface area contributed by atoms with Gasteiger partial charge in [0.2, 0.25) is 0 Å². The monoisotopic (exact) mass is 349 g/mol. The Kier molecular flexibility index (Phi) is 3.48. The number of rotatable bonds is 1. The first-order chi connectivity index (χ1) is 12.3. The molecule has 1 aromatic heterocycles. The molecule has 126 valence electrons. The highest BCUT2D eigenvalue weighted by Gasteiger charge is 2.32. The van der Waals surface area contributed by atoms with E-state index in [1.165, 1.54) is 16.5 Å². The Morgan fingerprint density at radius 3 is 3.08 bits per heavy atom. The van der Waals surface area contributed by atoms with Crippen LogP contribution in [0.1, 0.15) is 18.0 Å². The summed E-state index contributed by atoms with van der Waals surface area (Å²) in [5.74, 6) is 2.44. The molecule has 0 spiro atoms. The number of para-hydroxylation sites is 1. The predicted molar refractivity (Wildman–Crippen MR) is 104 cm³/mol. The average molecular weight is 349 g/mol. The lowest BCUT2D eigenvalue weighted by Crippen LogP contribution is -2.24. The normalized spacial score (nSPS) is 22.5. The summed E-state index contributed by atoms with van der Waals surface area (Å²) in [6.07, 6.45) is 3.10. The van der Waals surface area contributed by atoms with Crippen molar-refractivity contribution in [3.63, 3.8) is 0 Å². The number of H-pyrrole nitrogens is 1. The summed E-state index contributed by atoms with van der Waals surface area (Å²) in [6, 6.07) is 14.9. The van der Waals surface area contributed by atoms with Crippen LogP contribution in [0.2, 0.25) is 0 Å². The molecule has 0 fully saturated rings. The standard InChI is InChI=1S/C20H19N3OS/c21-20-23-19-13(11-25-20)7-8-24-18-6-5-12(9-15(18)19)16-10-22-17-4-2-1-3-14(16)17/h1-6,9-10,13,19,22H,7-8,11H2,(H2,21,23). The van der Waals surface area contributed by atoms with Crippen molar-refractivity contribution in [3.8, 4) is 16.9 Å². The van der Waals surface area contributed by atoms with Crippen molar-refractivity contribution in [2.75, 3.05) is 12.4 Å². The zero-order valence-corrected chi connectivity index (χ0v) is 14.6. The second-order valence-corrected chi connectivity index (χ2v) is 7.66. The lowest BCUT2D eigenvalue weighted by Gasteiger charge is -2.26. The Morgan fingerprint density at radius 2 is 2.12 bits per heavy atom. The minimum atomic E-state index is 0.101. The van der Waals surface area contributed by atoms with Crippen LogP contribution >= 0.6 is 11.8 Å². The molecule has 0 aliphatic carbocycles.